The molecule has 0 radical (unpaired) electrons. The van der Waals surface area contributed by atoms with Crippen molar-refractivity contribution >= 4 is 5.96 Å². The molecule has 1 rings (SSSR count). The van der Waals surface area contributed by atoms with E-state index in [1.165, 1.54) is 6.42 Å². The number of hydrogen-bond donors (Lipinski definition) is 2. The van der Waals surface area contributed by atoms with Gasteiger partial charge in [-0.2, -0.15) is 0 Å². The van der Waals surface area contributed by atoms with Gasteiger partial charge in [-0.05, 0) is 38.2 Å². The predicted octanol–water partition coefficient (Wildman–Crippen LogP) is 2.97. The number of aliphatic imine (C=N–C) groups is 1. The molecule has 0 aromatic carbocycles. The van der Waals surface area contributed by atoms with E-state index >= 15 is 0 Å². The molecule has 0 saturated carbocycles. The van der Waals surface area contributed by atoms with Crippen molar-refractivity contribution in [1.82, 2.24) is 15.6 Å². The lowest BCUT2D eigenvalue weighted by Crippen LogP contribution is -2.37. The Labute approximate surface area is 134 Å². The Morgan fingerprint density at radius 3 is 2.55 bits per heavy atom. The molecule has 2 N–H and O–H groups in total. The lowest BCUT2D eigenvalue weighted by molar-refractivity contribution is 0.232. The molecule has 1 aromatic heterocycles. The zero-order valence-electron chi connectivity index (χ0n) is 14.5. The number of hydrogen-bond acceptors (Lipinski definition) is 3. The predicted molar refractivity (Wildman–Crippen MR) is 92.3 cm³/mol. The molecule has 0 unspecified atom stereocenters. The third kappa shape index (κ3) is 7.86. The second kappa shape index (κ2) is 10.0. The Bertz CT molecular complexity index is 440. The van der Waals surface area contributed by atoms with Crippen molar-refractivity contribution in [2.45, 2.75) is 53.2 Å². The Kier molecular flexibility index (Phi) is 8.33. The van der Waals surface area contributed by atoms with Crippen LogP contribution in [0.15, 0.2) is 23.3 Å². The fourth-order valence-electron chi connectivity index (χ4n) is 1.95. The molecule has 0 aliphatic heterocycles. The average Bonchev–Trinajstić information content (AvgIpc) is 2.47. The third-order valence-corrected chi connectivity index (χ3v) is 3.09. The number of guanidine groups is 1. The van der Waals surface area contributed by atoms with Gasteiger partial charge < -0.3 is 15.4 Å². The highest BCUT2D eigenvalue weighted by Gasteiger charge is 2.02. The fraction of sp³-hybridized carbons (Fsp3) is 0.647. The summed E-state index contributed by atoms with van der Waals surface area (Å²) in [6, 6.07) is 3.92. The van der Waals surface area contributed by atoms with Crippen LogP contribution in [-0.2, 0) is 6.54 Å². The summed E-state index contributed by atoms with van der Waals surface area (Å²) in [4.78, 5) is 8.52. The second-order valence-electron chi connectivity index (χ2n) is 6.06. The van der Waals surface area contributed by atoms with E-state index in [0.29, 0.717) is 12.4 Å². The van der Waals surface area contributed by atoms with Crippen LogP contribution in [0.2, 0.25) is 0 Å². The van der Waals surface area contributed by atoms with Crippen LogP contribution in [0.3, 0.4) is 0 Å². The van der Waals surface area contributed by atoms with Crippen molar-refractivity contribution in [3.05, 3.63) is 23.9 Å². The van der Waals surface area contributed by atoms with Gasteiger partial charge >= 0.3 is 0 Å². The standard InChI is InChI=1S/C17H30N4O/c1-13(2)7-6-10-19-17(18-5)21-12-15-8-9-16(20-11-15)22-14(3)4/h8-9,11,13-14H,6-7,10,12H2,1-5H3,(H2,18,19,21). The Morgan fingerprint density at radius 1 is 1.23 bits per heavy atom. The van der Waals surface area contributed by atoms with Crippen LogP contribution in [0.1, 0.15) is 46.1 Å². The van der Waals surface area contributed by atoms with Crippen LogP contribution < -0.4 is 15.4 Å². The summed E-state index contributed by atoms with van der Waals surface area (Å²) in [7, 11) is 1.79. The van der Waals surface area contributed by atoms with E-state index in [1.54, 1.807) is 7.05 Å². The smallest absolute Gasteiger partial charge is 0.213 e. The maximum absolute atomic E-state index is 5.53. The zero-order chi connectivity index (χ0) is 16.4. The number of ether oxygens (including phenoxy) is 1. The molecule has 0 spiro atoms. The molecule has 0 saturated heterocycles. The molecule has 0 atom stereocenters. The SMILES string of the molecule is CN=C(NCCCC(C)C)NCc1ccc(OC(C)C)nc1. The largest absolute Gasteiger partial charge is 0.475 e. The molecule has 0 aliphatic carbocycles. The minimum atomic E-state index is 0.144. The van der Waals surface area contributed by atoms with Gasteiger partial charge in [-0.3, -0.25) is 4.99 Å². The van der Waals surface area contributed by atoms with Gasteiger partial charge in [0.15, 0.2) is 5.96 Å². The topological polar surface area (TPSA) is 58.5 Å². The van der Waals surface area contributed by atoms with E-state index in [1.807, 2.05) is 32.2 Å². The molecular weight excluding hydrogens is 276 g/mol. The minimum absolute atomic E-state index is 0.144. The normalized spacial score (nSPS) is 11.9. The maximum atomic E-state index is 5.53. The Balaban J connectivity index is 2.33. The first-order chi connectivity index (χ1) is 10.5. The number of nitrogens with one attached hydrogen (secondary N) is 2. The Hall–Kier alpha value is -1.78. The van der Waals surface area contributed by atoms with Crippen molar-refractivity contribution in [1.29, 1.82) is 0 Å². The number of aromatic nitrogens is 1. The van der Waals surface area contributed by atoms with E-state index < -0.39 is 0 Å². The first-order valence-corrected chi connectivity index (χ1v) is 8.07. The molecule has 22 heavy (non-hydrogen) atoms. The van der Waals surface area contributed by atoms with Crippen molar-refractivity contribution in [2.24, 2.45) is 10.9 Å². The fourth-order valence-corrected chi connectivity index (χ4v) is 1.95. The van der Waals surface area contributed by atoms with Crippen molar-refractivity contribution in [3.63, 3.8) is 0 Å². The summed E-state index contributed by atoms with van der Waals surface area (Å²) in [5.74, 6) is 2.23. The molecule has 1 aromatic rings. The summed E-state index contributed by atoms with van der Waals surface area (Å²) in [6.45, 7) is 10.1. The van der Waals surface area contributed by atoms with Gasteiger partial charge in [-0.25, -0.2) is 4.98 Å². The van der Waals surface area contributed by atoms with Crippen LogP contribution in [0.5, 0.6) is 5.88 Å². The van der Waals surface area contributed by atoms with Crippen LogP contribution in [0.25, 0.3) is 0 Å². The van der Waals surface area contributed by atoms with E-state index in [9.17, 15) is 0 Å². The van der Waals surface area contributed by atoms with Gasteiger partial charge in [0.2, 0.25) is 5.88 Å². The molecule has 1 heterocycles. The highest BCUT2D eigenvalue weighted by atomic mass is 16.5. The summed E-state index contributed by atoms with van der Waals surface area (Å²) in [5, 5.41) is 6.62. The van der Waals surface area contributed by atoms with Gasteiger partial charge in [0.05, 0.1) is 6.10 Å². The van der Waals surface area contributed by atoms with Gasteiger partial charge in [-0.15, -0.1) is 0 Å². The lowest BCUT2D eigenvalue weighted by atomic mass is 10.1. The minimum Gasteiger partial charge on any atom is -0.475 e. The lowest BCUT2D eigenvalue weighted by Gasteiger charge is -2.13. The quantitative estimate of drug-likeness (QED) is 0.440. The van der Waals surface area contributed by atoms with E-state index in [4.69, 9.17) is 4.74 Å². The van der Waals surface area contributed by atoms with Crippen molar-refractivity contribution < 1.29 is 4.74 Å². The van der Waals surface area contributed by atoms with E-state index in [-0.39, 0.29) is 6.10 Å². The molecule has 124 valence electrons. The molecule has 0 bridgehead atoms. The van der Waals surface area contributed by atoms with Gasteiger partial charge in [0, 0.05) is 32.4 Å². The highest BCUT2D eigenvalue weighted by molar-refractivity contribution is 5.79. The molecule has 5 nitrogen and oxygen atoms in total. The first kappa shape index (κ1) is 18.3. The van der Waals surface area contributed by atoms with Crippen molar-refractivity contribution in [3.8, 4) is 5.88 Å². The Morgan fingerprint density at radius 2 is 2.00 bits per heavy atom. The number of rotatable bonds is 8. The summed E-state index contributed by atoms with van der Waals surface area (Å²) < 4.78 is 5.53. The first-order valence-electron chi connectivity index (χ1n) is 8.07. The van der Waals surface area contributed by atoms with Crippen LogP contribution in [0.4, 0.5) is 0 Å². The third-order valence-electron chi connectivity index (χ3n) is 3.09. The van der Waals surface area contributed by atoms with Crippen molar-refractivity contribution in [2.75, 3.05) is 13.6 Å². The summed E-state index contributed by atoms with van der Waals surface area (Å²) >= 11 is 0. The summed E-state index contributed by atoms with van der Waals surface area (Å²) in [6.07, 6.45) is 4.36. The zero-order valence-corrected chi connectivity index (χ0v) is 14.5. The van der Waals surface area contributed by atoms with Crippen LogP contribution >= 0.6 is 0 Å². The number of pyridine rings is 1. The molecule has 5 heteroatoms. The van der Waals surface area contributed by atoms with E-state index in [0.717, 1.165) is 30.4 Å². The number of nitrogens with zero attached hydrogens (tertiary/aromatic N) is 2. The molecule has 0 amide bonds. The van der Waals surface area contributed by atoms with Gasteiger partial charge in [-0.1, -0.05) is 19.9 Å². The molecular formula is C17H30N4O. The molecule has 0 aliphatic rings. The maximum Gasteiger partial charge on any atom is 0.213 e. The molecule has 0 fully saturated rings. The van der Waals surface area contributed by atoms with Crippen LogP contribution in [-0.4, -0.2) is 30.6 Å². The summed E-state index contributed by atoms with van der Waals surface area (Å²) in [5.41, 5.74) is 1.10. The van der Waals surface area contributed by atoms with Crippen LogP contribution in [0, 0.1) is 5.92 Å². The average molecular weight is 306 g/mol. The second-order valence-corrected chi connectivity index (χ2v) is 6.06. The highest BCUT2D eigenvalue weighted by Crippen LogP contribution is 2.09. The van der Waals surface area contributed by atoms with E-state index in [2.05, 4.69) is 34.5 Å². The van der Waals surface area contributed by atoms with Gasteiger partial charge in [0.25, 0.3) is 0 Å². The monoisotopic (exact) mass is 306 g/mol. The van der Waals surface area contributed by atoms with Gasteiger partial charge in [0.1, 0.15) is 0 Å².